The molecule has 0 saturated heterocycles. The van der Waals surface area contributed by atoms with Crippen molar-refractivity contribution in [1.82, 2.24) is 15.0 Å². The van der Waals surface area contributed by atoms with Gasteiger partial charge in [-0.3, -0.25) is 9.48 Å². The quantitative estimate of drug-likeness (QED) is 0.856. The lowest BCUT2D eigenvalue weighted by atomic mass is 9.50. The molecule has 5 rings (SSSR count). The Labute approximate surface area is 167 Å². The van der Waals surface area contributed by atoms with Crippen molar-refractivity contribution in [2.75, 3.05) is 0 Å². The van der Waals surface area contributed by atoms with Gasteiger partial charge >= 0.3 is 0 Å². The van der Waals surface area contributed by atoms with E-state index in [4.69, 9.17) is 0 Å². The molecule has 6 atom stereocenters. The molecule has 1 N–H and O–H groups in total. The van der Waals surface area contributed by atoms with Gasteiger partial charge in [-0.2, -0.15) is 0 Å². The molecule has 0 aliphatic heterocycles. The zero-order valence-corrected chi connectivity index (χ0v) is 17.2. The summed E-state index contributed by atoms with van der Waals surface area (Å²) in [6.45, 7) is 5.30. The highest BCUT2D eigenvalue weighted by molar-refractivity contribution is 5.91. The van der Waals surface area contributed by atoms with Gasteiger partial charge in [0.05, 0.1) is 6.20 Å². The monoisotopic (exact) mass is 383 g/mol. The first-order chi connectivity index (χ1) is 13.5. The number of fused-ring (bicyclic) bond motifs is 5. The van der Waals surface area contributed by atoms with Crippen LogP contribution in [0.5, 0.6) is 0 Å². The number of aromatic nitrogens is 3. The highest BCUT2D eigenvalue weighted by Crippen LogP contribution is 2.67. The molecule has 1 aromatic rings. The molecule has 152 valence electrons. The molecule has 4 aliphatic carbocycles. The lowest BCUT2D eigenvalue weighted by Gasteiger charge is -2.55. The lowest BCUT2D eigenvalue weighted by molar-refractivity contribution is -0.126. The van der Waals surface area contributed by atoms with Crippen LogP contribution in [0, 0.1) is 29.1 Å². The number of aryl methyl sites for hydroxylation is 1. The fourth-order valence-corrected chi connectivity index (χ4v) is 7.44. The predicted molar refractivity (Wildman–Crippen MR) is 106 cm³/mol. The van der Waals surface area contributed by atoms with Crippen LogP contribution >= 0.6 is 0 Å². The summed E-state index contributed by atoms with van der Waals surface area (Å²) in [5.41, 5.74) is 1.24. The van der Waals surface area contributed by atoms with Gasteiger partial charge in [0, 0.05) is 18.4 Å². The average Bonchev–Trinajstić information content (AvgIpc) is 3.25. The van der Waals surface area contributed by atoms with Gasteiger partial charge in [0.2, 0.25) is 0 Å². The van der Waals surface area contributed by atoms with Crippen LogP contribution in [0.3, 0.4) is 0 Å². The van der Waals surface area contributed by atoms with Crippen LogP contribution in [-0.4, -0.2) is 25.9 Å². The number of hydrogen-bond acceptors (Lipinski definition) is 4. The van der Waals surface area contributed by atoms with Crippen LogP contribution < -0.4 is 0 Å². The SMILES string of the molecule is CCCn1cc([C@]2(O)CCC3C4CCC5=CC(=O)CCC5C4CC[C@@]32C)nn1. The third-order valence-corrected chi connectivity index (χ3v) is 8.87. The summed E-state index contributed by atoms with van der Waals surface area (Å²) in [5.74, 6) is 2.86. The highest BCUT2D eigenvalue weighted by Gasteiger charge is 2.63. The molecule has 0 aromatic carbocycles. The Morgan fingerprint density at radius 3 is 2.86 bits per heavy atom. The molecular weight excluding hydrogens is 350 g/mol. The van der Waals surface area contributed by atoms with Crippen LogP contribution in [0.1, 0.15) is 77.3 Å². The van der Waals surface area contributed by atoms with Gasteiger partial charge in [-0.05, 0) is 81.1 Å². The van der Waals surface area contributed by atoms with Crippen molar-refractivity contribution in [2.24, 2.45) is 29.1 Å². The van der Waals surface area contributed by atoms with Crippen LogP contribution in [0.4, 0.5) is 0 Å². The van der Waals surface area contributed by atoms with E-state index < -0.39 is 5.60 Å². The van der Waals surface area contributed by atoms with Crippen LogP contribution in [0.2, 0.25) is 0 Å². The van der Waals surface area contributed by atoms with Gasteiger partial charge in [0.25, 0.3) is 0 Å². The summed E-state index contributed by atoms with van der Waals surface area (Å²) in [5, 5.41) is 20.6. The smallest absolute Gasteiger partial charge is 0.155 e. The second kappa shape index (κ2) is 6.51. The molecule has 1 aromatic heterocycles. The van der Waals surface area contributed by atoms with Gasteiger partial charge in [-0.15, -0.1) is 5.10 Å². The van der Waals surface area contributed by atoms with E-state index in [1.807, 2.05) is 17.0 Å². The van der Waals surface area contributed by atoms with E-state index in [9.17, 15) is 9.90 Å². The van der Waals surface area contributed by atoms with E-state index in [-0.39, 0.29) is 5.41 Å². The second-order valence-corrected chi connectivity index (χ2v) is 10.0. The molecular formula is C23H33N3O2. The van der Waals surface area contributed by atoms with Crippen molar-refractivity contribution in [3.63, 3.8) is 0 Å². The van der Waals surface area contributed by atoms with Gasteiger partial charge in [-0.1, -0.05) is 24.6 Å². The molecule has 5 nitrogen and oxygen atoms in total. The molecule has 28 heavy (non-hydrogen) atoms. The van der Waals surface area contributed by atoms with Crippen molar-refractivity contribution in [2.45, 2.75) is 83.8 Å². The summed E-state index contributed by atoms with van der Waals surface area (Å²) in [7, 11) is 0. The Bertz CT molecular complexity index is 815. The lowest BCUT2D eigenvalue weighted by Crippen LogP contribution is -2.51. The van der Waals surface area contributed by atoms with Crippen molar-refractivity contribution in [3.05, 3.63) is 23.5 Å². The van der Waals surface area contributed by atoms with Crippen molar-refractivity contribution in [1.29, 1.82) is 0 Å². The first-order valence-corrected chi connectivity index (χ1v) is 11.3. The van der Waals surface area contributed by atoms with Crippen LogP contribution in [0.25, 0.3) is 0 Å². The van der Waals surface area contributed by atoms with E-state index in [0.717, 1.165) is 57.2 Å². The number of ketones is 1. The number of carbonyl (C=O) groups excluding carboxylic acids is 1. The summed E-state index contributed by atoms with van der Waals surface area (Å²) in [4.78, 5) is 11.9. The van der Waals surface area contributed by atoms with E-state index in [2.05, 4.69) is 24.2 Å². The van der Waals surface area contributed by atoms with E-state index in [1.165, 1.54) is 18.4 Å². The van der Waals surface area contributed by atoms with Gasteiger partial charge in [0.1, 0.15) is 11.3 Å². The number of nitrogens with zero attached hydrogens (tertiary/aromatic N) is 3. The van der Waals surface area contributed by atoms with E-state index in [1.54, 1.807) is 0 Å². The summed E-state index contributed by atoms with van der Waals surface area (Å²) < 4.78 is 1.88. The van der Waals surface area contributed by atoms with Gasteiger partial charge in [-0.25, -0.2) is 0 Å². The molecule has 5 heteroatoms. The average molecular weight is 384 g/mol. The van der Waals surface area contributed by atoms with E-state index in [0.29, 0.717) is 29.5 Å². The minimum atomic E-state index is -0.854. The maximum Gasteiger partial charge on any atom is 0.155 e. The summed E-state index contributed by atoms with van der Waals surface area (Å²) >= 11 is 0. The Balaban J connectivity index is 1.44. The first kappa shape index (κ1) is 18.5. The zero-order valence-electron chi connectivity index (χ0n) is 17.2. The molecule has 0 spiro atoms. The minimum absolute atomic E-state index is 0.118. The first-order valence-electron chi connectivity index (χ1n) is 11.3. The molecule has 3 fully saturated rings. The zero-order chi connectivity index (χ0) is 19.5. The Hall–Kier alpha value is -1.49. The number of aliphatic hydroxyl groups is 1. The molecule has 3 saturated carbocycles. The van der Waals surface area contributed by atoms with Crippen LogP contribution in [-0.2, 0) is 16.9 Å². The topological polar surface area (TPSA) is 68.0 Å². The Morgan fingerprint density at radius 2 is 2.04 bits per heavy atom. The van der Waals surface area contributed by atoms with Gasteiger partial charge < -0.3 is 5.11 Å². The van der Waals surface area contributed by atoms with E-state index >= 15 is 0 Å². The summed E-state index contributed by atoms with van der Waals surface area (Å²) in [6, 6.07) is 0. The van der Waals surface area contributed by atoms with Crippen molar-refractivity contribution in [3.8, 4) is 0 Å². The molecule has 0 bridgehead atoms. The fraction of sp³-hybridized carbons (Fsp3) is 0.783. The third-order valence-electron chi connectivity index (χ3n) is 8.87. The Morgan fingerprint density at radius 1 is 1.18 bits per heavy atom. The normalized spacial score (nSPS) is 42.5. The summed E-state index contributed by atoms with van der Waals surface area (Å²) in [6.07, 6.45) is 13.1. The number of carbonyl (C=O) groups is 1. The molecule has 0 amide bonds. The molecule has 4 unspecified atom stereocenters. The predicted octanol–water partition coefficient (Wildman–Crippen LogP) is 4.02. The maximum absolute atomic E-state index is 11.9. The number of hydrogen-bond donors (Lipinski definition) is 1. The number of rotatable bonds is 3. The van der Waals surface area contributed by atoms with Crippen molar-refractivity contribution < 1.29 is 9.90 Å². The minimum Gasteiger partial charge on any atom is -0.383 e. The van der Waals surface area contributed by atoms with Crippen LogP contribution in [0.15, 0.2) is 17.8 Å². The molecule has 0 radical (unpaired) electrons. The maximum atomic E-state index is 11.9. The second-order valence-electron chi connectivity index (χ2n) is 10.0. The standard InChI is InChI=1S/C23H33N3O2/c1-3-12-26-14-21(24-25-26)23(28)11-9-20-19-6-4-15-13-16(27)5-7-17(15)18(19)8-10-22(20,23)2/h13-14,17-20,28H,3-12H2,1-2H3/t17?,18?,19?,20?,22-,23+/m0/s1. The Kier molecular flexibility index (Phi) is 4.31. The number of allylic oxidation sites excluding steroid dienone is 1. The largest absolute Gasteiger partial charge is 0.383 e. The molecule has 1 heterocycles. The van der Waals surface area contributed by atoms with Gasteiger partial charge in [0.15, 0.2) is 5.78 Å². The third kappa shape index (κ3) is 2.51. The highest BCUT2D eigenvalue weighted by atomic mass is 16.3. The molecule has 4 aliphatic rings. The fourth-order valence-electron chi connectivity index (χ4n) is 7.44. The van der Waals surface area contributed by atoms with Crippen molar-refractivity contribution >= 4 is 5.78 Å².